The van der Waals surface area contributed by atoms with E-state index in [0.717, 1.165) is 22.6 Å². The summed E-state index contributed by atoms with van der Waals surface area (Å²) in [5, 5.41) is 3.31. The second kappa shape index (κ2) is 9.40. The molecule has 0 bridgehead atoms. The van der Waals surface area contributed by atoms with Gasteiger partial charge in [0, 0.05) is 29.2 Å². The molecule has 1 aromatic heterocycles. The third kappa shape index (κ3) is 5.46. The van der Waals surface area contributed by atoms with Gasteiger partial charge in [0.25, 0.3) is 11.1 Å². The number of rotatable bonds is 7. The van der Waals surface area contributed by atoms with Crippen LogP contribution in [-0.4, -0.2) is 22.4 Å². The first-order chi connectivity index (χ1) is 15.1. The highest BCUT2D eigenvalue weighted by atomic mass is 32.1. The van der Waals surface area contributed by atoms with Gasteiger partial charge in [0.1, 0.15) is 11.5 Å². The molecule has 0 aliphatic carbocycles. The third-order valence-corrected chi connectivity index (χ3v) is 5.19. The van der Waals surface area contributed by atoms with Crippen molar-refractivity contribution in [3.05, 3.63) is 95.3 Å². The second-order valence-electron chi connectivity index (χ2n) is 6.95. The first-order valence-electron chi connectivity index (χ1n) is 9.70. The zero-order valence-electron chi connectivity index (χ0n) is 17.2. The van der Waals surface area contributed by atoms with Crippen molar-refractivity contribution in [2.24, 2.45) is 0 Å². The Morgan fingerprint density at radius 2 is 1.77 bits per heavy atom. The summed E-state index contributed by atoms with van der Waals surface area (Å²) >= 11 is 1.18. The van der Waals surface area contributed by atoms with Crippen LogP contribution >= 0.6 is 11.5 Å². The van der Waals surface area contributed by atoms with E-state index in [0.29, 0.717) is 28.8 Å². The van der Waals surface area contributed by atoms with E-state index < -0.39 is 0 Å². The zero-order chi connectivity index (χ0) is 21.6. The smallest absolute Gasteiger partial charge is 0.298 e. The number of anilines is 1. The van der Waals surface area contributed by atoms with Crippen LogP contribution in [0.1, 0.15) is 27.3 Å². The first-order valence-corrected chi connectivity index (χ1v) is 10.5. The predicted molar refractivity (Wildman–Crippen MR) is 121 cm³/mol. The largest absolute Gasteiger partial charge is 0.497 e. The Labute approximate surface area is 184 Å². The van der Waals surface area contributed by atoms with Gasteiger partial charge in [-0.3, -0.25) is 4.79 Å². The fraction of sp³-hybridized carbons (Fsp3) is 0.125. The van der Waals surface area contributed by atoms with Crippen molar-refractivity contribution in [1.82, 2.24) is 9.36 Å². The number of hydrogen-bond donors (Lipinski definition) is 1. The SMILES string of the molecule is COc1cccc(Cc2nsc(Oc3cccc(C(=O)Nc4ccc(C)cc4)c3)n2)c1. The molecule has 1 heterocycles. The van der Waals surface area contributed by atoms with Gasteiger partial charge in [0.05, 0.1) is 7.11 Å². The molecule has 0 spiro atoms. The molecule has 0 saturated carbocycles. The fourth-order valence-electron chi connectivity index (χ4n) is 2.96. The van der Waals surface area contributed by atoms with Gasteiger partial charge in [-0.25, -0.2) is 0 Å². The summed E-state index contributed by atoms with van der Waals surface area (Å²) in [6, 6.07) is 22.4. The van der Waals surface area contributed by atoms with E-state index in [1.165, 1.54) is 11.5 Å². The number of ether oxygens (including phenoxy) is 2. The lowest BCUT2D eigenvalue weighted by Gasteiger charge is -2.07. The van der Waals surface area contributed by atoms with E-state index in [2.05, 4.69) is 14.7 Å². The maximum Gasteiger partial charge on any atom is 0.298 e. The normalized spacial score (nSPS) is 10.5. The number of aryl methyl sites for hydroxylation is 1. The molecule has 1 amide bonds. The minimum Gasteiger partial charge on any atom is -0.497 e. The minimum absolute atomic E-state index is 0.203. The molecule has 0 fully saturated rings. The summed E-state index contributed by atoms with van der Waals surface area (Å²) in [6.07, 6.45) is 0.579. The van der Waals surface area contributed by atoms with Crippen LogP contribution in [0.25, 0.3) is 0 Å². The van der Waals surface area contributed by atoms with E-state index in [4.69, 9.17) is 9.47 Å². The molecule has 0 unspecified atom stereocenters. The summed E-state index contributed by atoms with van der Waals surface area (Å²) in [5.41, 5.74) is 3.43. The van der Waals surface area contributed by atoms with Crippen molar-refractivity contribution < 1.29 is 14.3 Å². The number of methoxy groups -OCH3 is 1. The Morgan fingerprint density at radius 1 is 1.00 bits per heavy atom. The van der Waals surface area contributed by atoms with Gasteiger partial charge >= 0.3 is 0 Å². The lowest BCUT2D eigenvalue weighted by atomic mass is 10.1. The maximum absolute atomic E-state index is 12.6. The van der Waals surface area contributed by atoms with Gasteiger partial charge in [-0.2, -0.15) is 9.36 Å². The highest BCUT2D eigenvalue weighted by molar-refractivity contribution is 7.07. The first kappa shape index (κ1) is 20.6. The highest BCUT2D eigenvalue weighted by Gasteiger charge is 2.11. The molecule has 31 heavy (non-hydrogen) atoms. The van der Waals surface area contributed by atoms with Crippen molar-refractivity contribution in [1.29, 1.82) is 0 Å². The predicted octanol–water partition coefficient (Wildman–Crippen LogP) is 5.49. The molecule has 3 aromatic carbocycles. The van der Waals surface area contributed by atoms with Crippen molar-refractivity contribution in [2.45, 2.75) is 13.3 Å². The van der Waals surface area contributed by atoms with Crippen LogP contribution in [0.3, 0.4) is 0 Å². The number of nitrogens with zero attached hydrogens (tertiary/aromatic N) is 2. The molecule has 0 radical (unpaired) electrons. The summed E-state index contributed by atoms with van der Waals surface area (Å²) in [7, 11) is 1.64. The number of carbonyl (C=O) groups excluding carboxylic acids is 1. The summed E-state index contributed by atoms with van der Waals surface area (Å²) in [6.45, 7) is 2.00. The average Bonchev–Trinajstić information content (AvgIpc) is 3.22. The van der Waals surface area contributed by atoms with Crippen LogP contribution in [0.2, 0.25) is 0 Å². The van der Waals surface area contributed by atoms with E-state index in [-0.39, 0.29) is 5.91 Å². The molecule has 156 valence electrons. The van der Waals surface area contributed by atoms with Crippen LogP contribution < -0.4 is 14.8 Å². The molecular formula is C24H21N3O3S. The number of aromatic nitrogens is 2. The molecule has 7 heteroatoms. The summed E-state index contributed by atoms with van der Waals surface area (Å²) < 4.78 is 15.5. The fourth-order valence-corrected chi connectivity index (χ4v) is 3.53. The van der Waals surface area contributed by atoms with Gasteiger partial charge in [-0.15, -0.1) is 0 Å². The molecule has 1 N–H and O–H groups in total. The monoisotopic (exact) mass is 431 g/mol. The van der Waals surface area contributed by atoms with Crippen molar-refractivity contribution in [3.8, 4) is 16.7 Å². The van der Waals surface area contributed by atoms with Gasteiger partial charge in [0.15, 0.2) is 5.82 Å². The van der Waals surface area contributed by atoms with Crippen LogP contribution in [0.4, 0.5) is 5.69 Å². The molecule has 4 rings (SSSR count). The van der Waals surface area contributed by atoms with Crippen molar-refractivity contribution in [3.63, 3.8) is 0 Å². The van der Waals surface area contributed by atoms with Gasteiger partial charge in [0.2, 0.25) is 0 Å². The van der Waals surface area contributed by atoms with E-state index >= 15 is 0 Å². The van der Waals surface area contributed by atoms with Crippen molar-refractivity contribution >= 4 is 23.1 Å². The molecule has 0 atom stereocenters. The Bertz CT molecular complexity index is 1190. The number of carbonyl (C=O) groups is 1. The van der Waals surface area contributed by atoms with E-state index in [9.17, 15) is 4.79 Å². The van der Waals surface area contributed by atoms with Crippen molar-refractivity contribution in [2.75, 3.05) is 12.4 Å². The van der Waals surface area contributed by atoms with Crippen LogP contribution in [0, 0.1) is 6.92 Å². The van der Waals surface area contributed by atoms with Crippen LogP contribution in [0.15, 0.2) is 72.8 Å². The molecular weight excluding hydrogens is 410 g/mol. The number of amides is 1. The van der Waals surface area contributed by atoms with Gasteiger partial charge < -0.3 is 14.8 Å². The Kier molecular flexibility index (Phi) is 6.24. The lowest BCUT2D eigenvalue weighted by Crippen LogP contribution is -2.11. The Hall–Kier alpha value is -3.71. The molecule has 0 saturated heterocycles. The number of benzene rings is 3. The standard InChI is InChI=1S/C24H21N3O3S/c1-16-9-11-19(12-10-16)25-23(28)18-6-4-8-21(15-18)30-24-26-22(27-31-24)14-17-5-3-7-20(13-17)29-2/h3-13,15H,14H2,1-2H3,(H,25,28). The number of hydrogen-bond acceptors (Lipinski definition) is 6. The second-order valence-corrected chi connectivity index (χ2v) is 7.67. The van der Waals surface area contributed by atoms with Crippen LogP contribution in [0.5, 0.6) is 16.7 Å². The molecule has 0 aliphatic heterocycles. The highest BCUT2D eigenvalue weighted by Crippen LogP contribution is 2.25. The Morgan fingerprint density at radius 3 is 2.58 bits per heavy atom. The van der Waals surface area contributed by atoms with E-state index in [1.54, 1.807) is 31.4 Å². The van der Waals surface area contributed by atoms with Crippen LogP contribution in [-0.2, 0) is 6.42 Å². The maximum atomic E-state index is 12.6. The third-order valence-electron chi connectivity index (χ3n) is 4.56. The minimum atomic E-state index is -0.203. The van der Waals surface area contributed by atoms with E-state index in [1.807, 2.05) is 55.5 Å². The quantitative estimate of drug-likeness (QED) is 0.419. The summed E-state index contributed by atoms with van der Waals surface area (Å²) in [5.74, 6) is 1.79. The molecule has 4 aromatic rings. The zero-order valence-corrected chi connectivity index (χ0v) is 18.0. The van der Waals surface area contributed by atoms with Gasteiger partial charge in [-0.1, -0.05) is 35.9 Å². The Balaban J connectivity index is 1.42. The summed E-state index contributed by atoms with van der Waals surface area (Å²) in [4.78, 5) is 17.0. The molecule has 0 aliphatic rings. The molecule has 6 nitrogen and oxygen atoms in total. The van der Waals surface area contributed by atoms with Gasteiger partial charge in [-0.05, 0) is 55.0 Å². The lowest BCUT2D eigenvalue weighted by molar-refractivity contribution is 0.102. The topological polar surface area (TPSA) is 73.3 Å². The average molecular weight is 432 g/mol. The number of nitrogens with one attached hydrogen (secondary N) is 1.